The summed E-state index contributed by atoms with van der Waals surface area (Å²) in [5.41, 5.74) is 8.53. The highest BCUT2D eigenvalue weighted by molar-refractivity contribution is 6.09. The molecule has 0 bridgehead atoms. The highest BCUT2D eigenvalue weighted by atomic mass is 16.5. The van der Waals surface area contributed by atoms with Crippen LogP contribution >= 0.6 is 0 Å². The van der Waals surface area contributed by atoms with Crippen molar-refractivity contribution in [3.8, 4) is 5.75 Å². The first-order valence-corrected chi connectivity index (χ1v) is 10.1. The number of rotatable bonds is 6. The van der Waals surface area contributed by atoms with E-state index in [1.165, 1.54) is 12.4 Å². The first-order valence-electron chi connectivity index (χ1n) is 10.1. The van der Waals surface area contributed by atoms with E-state index in [0.29, 0.717) is 17.4 Å². The number of hydrogen-bond donors (Lipinski definition) is 3. The molecule has 1 aliphatic rings. The van der Waals surface area contributed by atoms with Crippen LogP contribution in [0.4, 0.5) is 5.82 Å². The number of fused-ring (bicyclic) bond motifs is 1. The molecule has 1 fully saturated rings. The lowest BCUT2D eigenvalue weighted by Crippen LogP contribution is -2.31. The van der Waals surface area contributed by atoms with Gasteiger partial charge >= 0.3 is 0 Å². The van der Waals surface area contributed by atoms with Crippen LogP contribution in [0, 0.1) is 12.3 Å². The van der Waals surface area contributed by atoms with Crippen molar-refractivity contribution in [3.05, 3.63) is 54.4 Å². The predicted molar refractivity (Wildman–Crippen MR) is 118 cm³/mol. The van der Waals surface area contributed by atoms with Gasteiger partial charge in [-0.1, -0.05) is 0 Å². The van der Waals surface area contributed by atoms with Gasteiger partial charge < -0.3 is 21.2 Å². The number of benzene rings is 1. The molecule has 0 aliphatic heterocycles. The SMILES string of the molecule is Cc1nccc(NC2CCC(Oc3cc(/C(C=N)=C/N)cc4nccnc34)CC2)n1. The smallest absolute Gasteiger partial charge is 0.148 e. The van der Waals surface area contributed by atoms with Gasteiger partial charge in [0.05, 0.1) is 11.6 Å². The molecule has 0 amide bonds. The summed E-state index contributed by atoms with van der Waals surface area (Å²) in [7, 11) is 0. The monoisotopic (exact) mass is 403 g/mol. The number of aryl methyl sites for hydroxylation is 1. The summed E-state index contributed by atoms with van der Waals surface area (Å²) < 4.78 is 6.37. The van der Waals surface area contributed by atoms with Gasteiger partial charge in [-0.2, -0.15) is 0 Å². The zero-order chi connectivity index (χ0) is 20.9. The first kappa shape index (κ1) is 19.8. The van der Waals surface area contributed by atoms with E-state index in [9.17, 15) is 0 Å². The van der Waals surface area contributed by atoms with E-state index < -0.39 is 0 Å². The molecule has 4 rings (SSSR count). The van der Waals surface area contributed by atoms with E-state index in [0.717, 1.165) is 53.9 Å². The molecule has 0 atom stereocenters. The molecule has 1 aromatic carbocycles. The first-order chi connectivity index (χ1) is 14.7. The Morgan fingerprint density at radius 3 is 2.67 bits per heavy atom. The number of ether oxygens (including phenoxy) is 1. The minimum atomic E-state index is 0.0981. The lowest BCUT2D eigenvalue weighted by atomic mass is 9.93. The van der Waals surface area contributed by atoms with Gasteiger partial charge in [0.15, 0.2) is 0 Å². The minimum Gasteiger partial charge on any atom is -0.488 e. The van der Waals surface area contributed by atoms with E-state index in [4.69, 9.17) is 15.9 Å². The average Bonchev–Trinajstić information content (AvgIpc) is 2.76. The van der Waals surface area contributed by atoms with Crippen LogP contribution in [0.3, 0.4) is 0 Å². The third-order valence-electron chi connectivity index (χ3n) is 5.30. The summed E-state index contributed by atoms with van der Waals surface area (Å²) in [5.74, 6) is 2.31. The molecule has 1 saturated carbocycles. The van der Waals surface area contributed by atoms with Crippen LogP contribution in [0.2, 0.25) is 0 Å². The van der Waals surface area contributed by atoms with Crippen LogP contribution < -0.4 is 15.8 Å². The summed E-state index contributed by atoms with van der Waals surface area (Å²) in [4.78, 5) is 17.4. The Kier molecular flexibility index (Phi) is 5.83. The molecule has 0 radical (unpaired) electrons. The van der Waals surface area contributed by atoms with Crippen molar-refractivity contribution in [1.82, 2.24) is 19.9 Å². The summed E-state index contributed by atoms with van der Waals surface area (Å²) in [6.45, 7) is 1.89. The van der Waals surface area contributed by atoms with Crippen molar-refractivity contribution in [2.75, 3.05) is 5.32 Å². The Bertz CT molecular complexity index is 1070. The van der Waals surface area contributed by atoms with Crippen LogP contribution in [-0.2, 0) is 0 Å². The molecule has 0 spiro atoms. The van der Waals surface area contributed by atoms with Crippen molar-refractivity contribution >= 4 is 28.6 Å². The molecular weight excluding hydrogens is 378 g/mol. The van der Waals surface area contributed by atoms with Gasteiger partial charge in [-0.15, -0.1) is 0 Å². The third-order valence-corrected chi connectivity index (χ3v) is 5.30. The van der Waals surface area contributed by atoms with Crippen molar-refractivity contribution in [3.63, 3.8) is 0 Å². The summed E-state index contributed by atoms with van der Waals surface area (Å²) in [5, 5.41) is 11.1. The van der Waals surface area contributed by atoms with Crippen molar-refractivity contribution in [2.24, 2.45) is 5.73 Å². The van der Waals surface area contributed by atoms with Crippen LogP contribution in [0.1, 0.15) is 37.1 Å². The lowest BCUT2D eigenvalue weighted by molar-refractivity contribution is 0.151. The molecule has 3 aromatic rings. The van der Waals surface area contributed by atoms with Gasteiger partial charge in [-0.3, -0.25) is 4.98 Å². The second-order valence-electron chi connectivity index (χ2n) is 7.39. The highest BCUT2D eigenvalue weighted by Gasteiger charge is 2.24. The van der Waals surface area contributed by atoms with E-state index in [1.54, 1.807) is 18.6 Å². The molecule has 0 saturated heterocycles. The average molecular weight is 403 g/mol. The fraction of sp³-hybridized carbons (Fsp3) is 0.318. The maximum Gasteiger partial charge on any atom is 0.148 e. The largest absolute Gasteiger partial charge is 0.488 e. The zero-order valence-corrected chi connectivity index (χ0v) is 16.9. The maximum absolute atomic E-state index is 7.59. The van der Waals surface area contributed by atoms with E-state index in [1.807, 2.05) is 25.1 Å². The number of nitrogens with two attached hydrogens (primary N) is 1. The van der Waals surface area contributed by atoms with Gasteiger partial charge in [0.1, 0.15) is 22.9 Å². The number of allylic oxidation sites excluding steroid dienone is 1. The second-order valence-corrected chi connectivity index (χ2v) is 7.39. The number of aromatic nitrogens is 4. The third kappa shape index (κ3) is 4.37. The van der Waals surface area contributed by atoms with Crippen LogP contribution in [0.15, 0.2) is 43.0 Å². The molecule has 8 heteroatoms. The standard InChI is InChI=1S/C22H25N7O/c1-14-25-7-6-21(28-14)29-17-2-4-18(5-3-17)30-20-11-15(16(12-23)13-24)10-19-22(20)27-9-8-26-19/h6-13,17-18,23H,2-5,24H2,1H3,(H,25,28,29)/b16-13+,23-12?. The fourth-order valence-corrected chi connectivity index (χ4v) is 3.78. The molecule has 1 aliphatic carbocycles. The Morgan fingerprint density at radius 2 is 1.93 bits per heavy atom. The minimum absolute atomic E-state index is 0.0981. The number of nitrogens with one attached hydrogen (secondary N) is 2. The van der Waals surface area contributed by atoms with Gasteiger partial charge in [-0.25, -0.2) is 15.0 Å². The Labute approximate surface area is 175 Å². The normalized spacial score (nSPS) is 19.4. The summed E-state index contributed by atoms with van der Waals surface area (Å²) in [6, 6.07) is 6.04. The Hall–Kier alpha value is -3.55. The predicted octanol–water partition coefficient (Wildman–Crippen LogP) is 3.48. The van der Waals surface area contributed by atoms with Gasteiger partial charge in [0, 0.05) is 42.6 Å². The summed E-state index contributed by atoms with van der Waals surface area (Å²) in [6.07, 6.45) is 11.7. The number of anilines is 1. The summed E-state index contributed by atoms with van der Waals surface area (Å²) >= 11 is 0. The molecule has 154 valence electrons. The van der Waals surface area contributed by atoms with E-state index in [-0.39, 0.29) is 6.10 Å². The molecule has 30 heavy (non-hydrogen) atoms. The molecule has 0 unspecified atom stereocenters. The Balaban J connectivity index is 1.47. The van der Waals surface area contributed by atoms with E-state index >= 15 is 0 Å². The molecule has 4 N–H and O–H groups in total. The Morgan fingerprint density at radius 1 is 1.13 bits per heavy atom. The van der Waals surface area contributed by atoms with Crippen molar-refractivity contribution in [2.45, 2.75) is 44.8 Å². The topological polar surface area (TPSA) is 123 Å². The van der Waals surface area contributed by atoms with E-state index in [2.05, 4.69) is 25.3 Å². The van der Waals surface area contributed by atoms with Crippen molar-refractivity contribution in [1.29, 1.82) is 5.41 Å². The van der Waals surface area contributed by atoms with Crippen molar-refractivity contribution < 1.29 is 4.74 Å². The van der Waals surface area contributed by atoms with Crippen LogP contribution in [-0.4, -0.2) is 38.3 Å². The molecular formula is C22H25N7O. The fourth-order valence-electron chi connectivity index (χ4n) is 3.78. The maximum atomic E-state index is 7.59. The molecule has 2 heterocycles. The molecule has 8 nitrogen and oxygen atoms in total. The van der Waals surface area contributed by atoms with Gasteiger partial charge in [0.25, 0.3) is 0 Å². The van der Waals surface area contributed by atoms with Crippen LogP contribution in [0.25, 0.3) is 16.6 Å². The van der Waals surface area contributed by atoms with Crippen LogP contribution in [0.5, 0.6) is 5.75 Å². The van der Waals surface area contributed by atoms with Gasteiger partial charge in [-0.05, 0) is 56.4 Å². The number of hydrogen-bond acceptors (Lipinski definition) is 8. The quantitative estimate of drug-likeness (QED) is 0.538. The second kappa shape index (κ2) is 8.86. The van der Waals surface area contributed by atoms with Gasteiger partial charge in [0.2, 0.25) is 0 Å². The highest BCUT2D eigenvalue weighted by Crippen LogP contribution is 2.31. The molecule has 2 aromatic heterocycles. The zero-order valence-electron chi connectivity index (χ0n) is 16.9. The lowest BCUT2D eigenvalue weighted by Gasteiger charge is -2.30. The number of nitrogens with zero attached hydrogens (tertiary/aromatic N) is 4.